The molecule has 3 nitrogen and oxygen atoms in total. The summed E-state index contributed by atoms with van der Waals surface area (Å²) in [6, 6.07) is 6.09. The van der Waals surface area contributed by atoms with Crippen LogP contribution in [0.15, 0.2) is 28.9 Å². The number of pyridine rings is 1. The second kappa shape index (κ2) is 5.27. The molecule has 0 radical (unpaired) electrons. The van der Waals surface area contributed by atoms with Gasteiger partial charge in [0.1, 0.15) is 0 Å². The summed E-state index contributed by atoms with van der Waals surface area (Å²) in [6.45, 7) is 1.15. The number of hydrogen-bond donors (Lipinski definition) is 1. The molecular weight excluding hydrogens is 328 g/mol. The van der Waals surface area contributed by atoms with Crippen LogP contribution in [-0.2, 0) is 0 Å². The minimum Gasteiger partial charge on any atom is -0.394 e. The molecule has 1 fully saturated rings. The first kappa shape index (κ1) is 13.2. The van der Waals surface area contributed by atoms with Crippen LogP contribution in [0.25, 0.3) is 10.9 Å². The highest BCUT2D eigenvalue weighted by molar-refractivity contribution is 9.10. The molecular formula is C14H14BrClN2O. The van der Waals surface area contributed by atoms with Crippen molar-refractivity contribution in [2.24, 2.45) is 0 Å². The van der Waals surface area contributed by atoms with Gasteiger partial charge in [-0.25, -0.2) is 0 Å². The Hall–Kier alpha value is -0.840. The van der Waals surface area contributed by atoms with Crippen molar-refractivity contribution in [3.8, 4) is 0 Å². The summed E-state index contributed by atoms with van der Waals surface area (Å²) in [5.41, 5.74) is 1.91. The van der Waals surface area contributed by atoms with Gasteiger partial charge in [0.15, 0.2) is 0 Å². The number of aliphatic hydroxyl groups is 1. The summed E-state index contributed by atoms with van der Waals surface area (Å²) in [7, 11) is 0. The summed E-state index contributed by atoms with van der Waals surface area (Å²) >= 11 is 9.73. The van der Waals surface area contributed by atoms with Gasteiger partial charge in [0.25, 0.3) is 0 Å². The van der Waals surface area contributed by atoms with Crippen molar-refractivity contribution in [2.45, 2.75) is 18.9 Å². The van der Waals surface area contributed by atoms with E-state index in [-0.39, 0.29) is 12.6 Å². The highest BCUT2D eigenvalue weighted by Crippen LogP contribution is 2.35. The fourth-order valence-corrected chi connectivity index (χ4v) is 3.62. The van der Waals surface area contributed by atoms with Crippen LogP contribution in [0.1, 0.15) is 12.8 Å². The van der Waals surface area contributed by atoms with Crippen LogP contribution in [-0.4, -0.2) is 29.3 Å². The van der Waals surface area contributed by atoms with Gasteiger partial charge < -0.3 is 10.0 Å². The van der Waals surface area contributed by atoms with Crippen LogP contribution < -0.4 is 4.90 Å². The lowest BCUT2D eigenvalue weighted by molar-refractivity contribution is 0.266. The molecule has 0 unspecified atom stereocenters. The number of aromatic nitrogens is 1. The van der Waals surface area contributed by atoms with E-state index in [1.54, 1.807) is 6.20 Å². The molecule has 5 heteroatoms. The smallest absolute Gasteiger partial charge is 0.0909 e. The SMILES string of the molecule is OC[C@H]1CCCN1c1ccnc2c(Cl)cc(Br)cc12. The molecule has 1 N–H and O–H groups in total. The van der Waals surface area contributed by atoms with Gasteiger partial charge in [0.05, 0.1) is 23.2 Å². The van der Waals surface area contributed by atoms with Crippen molar-refractivity contribution in [3.05, 3.63) is 33.9 Å². The zero-order valence-corrected chi connectivity index (χ0v) is 12.7. The molecule has 100 valence electrons. The van der Waals surface area contributed by atoms with E-state index >= 15 is 0 Å². The molecule has 2 aromatic rings. The lowest BCUT2D eigenvalue weighted by Crippen LogP contribution is -2.32. The third-order valence-electron chi connectivity index (χ3n) is 3.64. The van der Waals surface area contributed by atoms with E-state index in [9.17, 15) is 5.11 Å². The number of fused-ring (bicyclic) bond motifs is 1. The van der Waals surface area contributed by atoms with E-state index < -0.39 is 0 Å². The zero-order chi connectivity index (χ0) is 13.4. The van der Waals surface area contributed by atoms with E-state index in [4.69, 9.17) is 11.6 Å². The van der Waals surface area contributed by atoms with Crippen molar-refractivity contribution >= 4 is 44.1 Å². The Morgan fingerprint density at radius 2 is 2.32 bits per heavy atom. The number of anilines is 1. The Labute approximate surface area is 125 Å². The van der Waals surface area contributed by atoms with Crippen LogP contribution in [0.5, 0.6) is 0 Å². The molecule has 1 saturated heterocycles. The van der Waals surface area contributed by atoms with E-state index in [1.807, 2.05) is 18.2 Å². The number of aliphatic hydroxyl groups excluding tert-OH is 1. The van der Waals surface area contributed by atoms with Crippen LogP contribution in [0, 0.1) is 0 Å². The van der Waals surface area contributed by atoms with Gasteiger partial charge in [0.2, 0.25) is 0 Å². The lowest BCUT2D eigenvalue weighted by Gasteiger charge is -2.26. The van der Waals surface area contributed by atoms with Crippen LogP contribution in [0.4, 0.5) is 5.69 Å². The highest BCUT2D eigenvalue weighted by Gasteiger charge is 2.25. The summed E-state index contributed by atoms with van der Waals surface area (Å²) in [5, 5.41) is 11.2. The summed E-state index contributed by atoms with van der Waals surface area (Å²) in [6.07, 6.45) is 3.92. The molecule has 2 heterocycles. The number of nitrogens with zero attached hydrogens (tertiary/aromatic N) is 2. The van der Waals surface area contributed by atoms with E-state index in [1.165, 1.54) is 0 Å². The van der Waals surface area contributed by atoms with Gasteiger partial charge in [-0.1, -0.05) is 27.5 Å². The first-order chi connectivity index (χ1) is 9.20. The number of hydrogen-bond acceptors (Lipinski definition) is 3. The molecule has 0 aliphatic carbocycles. The Morgan fingerprint density at radius 1 is 1.47 bits per heavy atom. The molecule has 19 heavy (non-hydrogen) atoms. The molecule has 0 saturated carbocycles. The van der Waals surface area contributed by atoms with Crippen LogP contribution in [0.2, 0.25) is 5.02 Å². The van der Waals surface area contributed by atoms with Gasteiger partial charge in [-0.3, -0.25) is 4.98 Å². The van der Waals surface area contributed by atoms with Crippen molar-refractivity contribution in [1.82, 2.24) is 4.98 Å². The lowest BCUT2D eigenvalue weighted by atomic mass is 10.1. The number of benzene rings is 1. The third-order valence-corrected chi connectivity index (χ3v) is 4.38. The van der Waals surface area contributed by atoms with Crippen LogP contribution in [0.3, 0.4) is 0 Å². The number of halogens is 2. The standard InChI is InChI=1S/C14H14BrClN2O/c15-9-6-11-13(18-5-1-2-10(18)8-19)3-4-17-14(11)12(16)7-9/h3-4,6-7,10,19H,1-2,5,8H2/t10-/m1/s1. The summed E-state index contributed by atoms with van der Waals surface area (Å²) in [4.78, 5) is 6.62. The molecule has 1 aromatic carbocycles. The molecule has 3 rings (SSSR count). The van der Waals surface area contributed by atoms with Gasteiger partial charge >= 0.3 is 0 Å². The molecule has 1 atom stereocenters. The first-order valence-corrected chi connectivity index (χ1v) is 7.49. The average molecular weight is 342 g/mol. The summed E-state index contributed by atoms with van der Waals surface area (Å²) < 4.78 is 0.944. The topological polar surface area (TPSA) is 36.4 Å². The van der Waals surface area contributed by atoms with Gasteiger partial charge in [-0.2, -0.15) is 0 Å². The second-order valence-electron chi connectivity index (χ2n) is 4.79. The maximum absolute atomic E-state index is 9.49. The van der Waals surface area contributed by atoms with Crippen molar-refractivity contribution in [3.63, 3.8) is 0 Å². The quantitative estimate of drug-likeness (QED) is 0.906. The Balaban J connectivity index is 2.18. The van der Waals surface area contributed by atoms with E-state index in [0.29, 0.717) is 5.02 Å². The monoisotopic (exact) mass is 340 g/mol. The average Bonchev–Trinajstić information content (AvgIpc) is 2.86. The normalized spacial score (nSPS) is 19.3. The Morgan fingerprint density at radius 3 is 3.11 bits per heavy atom. The second-order valence-corrected chi connectivity index (χ2v) is 6.11. The Kier molecular flexibility index (Phi) is 3.65. The van der Waals surface area contributed by atoms with Crippen molar-refractivity contribution < 1.29 is 5.11 Å². The zero-order valence-electron chi connectivity index (χ0n) is 10.3. The molecule has 0 spiro atoms. The highest BCUT2D eigenvalue weighted by atomic mass is 79.9. The third kappa shape index (κ3) is 2.33. The molecule has 0 bridgehead atoms. The van der Waals surface area contributed by atoms with Crippen molar-refractivity contribution in [2.75, 3.05) is 18.1 Å². The molecule has 1 aromatic heterocycles. The predicted octanol–water partition coefficient (Wildman–Crippen LogP) is 3.61. The van der Waals surface area contributed by atoms with Gasteiger partial charge in [-0.15, -0.1) is 0 Å². The minimum absolute atomic E-state index is 0.186. The van der Waals surface area contributed by atoms with Crippen LogP contribution >= 0.6 is 27.5 Å². The largest absolute Gasteiger partial charge is 0.394 e. The predicted molar refractivity (Wildman–Crippen MR) is 81.9 cm³/mol. The first-order valence-electron chi connectivity index (χ1n) is 6.32. The van der Waals surface area contributed by atoms with Gasteiger partial charge in [0, 0.05) is 28.3 Å². The minimum atomic E-state index is 0.186. The Bertz CT molecular complexity index is 620. The van der Waals surface area contributed by atoms with Crippen molar-refractivity contribution in [1.29, 1.82) is 0 Å². The van der Waals surface area contributed by atoms with Gasteiger partial charge in [-0.05, 0) is 31.0 Å². The number of rotatable bonds is 2. The molecule has 0 amide bonds. The van der Waals surface area contributed by atoms with E-state index in [0.717, 1.165) is 40.4 Å². The fourth-order valence-electron chi connectivity index (χ4n) is 2.76. The summed E-state index contributed by atoms with van der Waals surface area (Å²) in [5.74, 6) is 0. The van der Waals surface area contributed by atoms with E-state index in [2.05, 4.69) is 25.8 Å². The maximum atomic E-state index is 9.49. The fraction of sp³-hybridized carbons (Fsp3) is 0.357. The maximum Gasteiger partial charge on any atom is 0.0909 e. The molecule has 1 aliphatic rings. The molecule has 1 aliphatic heterocycles.